The van der Waals surface area contributed by atoms with E-state index in [2.05, 4.69) is 29.1 Å². The molecule has 0 radical (unpaired) electrons. The average Bonchev–Trinajstić information content (AvgIpc) is 2.37. The minimum atomic E-state index is -1.15. The summed E-state index contributed by atoms with van der Waals surface area (Å²) >= 11 is 3.40. The van der Waals surface area contributed by atoms with Crippen LogP contribution in [0.4, 0.5) is 0 Å². The Morgan fingerprint density at radius 1 is 1.32 bits per heavy atom. The number of hydrogen-bond donors (Lipinski definition) is 1. The first kappa shape index (κ1) is 18.7. The Labute approximate surface area is 141 Å². The van der Waals surface area contributed by atoms with E-state index < -0.39 is 17.1 Å². The number of esters is 1. The van der Waals surface area contributed by atoms with Gasteiger partial charge in [0.15, 0.2) is 0 Å². The first-order valence-electron chi connectivity index (χ1n) is 7.14. The lowest BCUT2D eigenvalue weighted by atomic mass is 9.86. The number of carbonyl (C=O) groups excluding carboxylic acids is 1. The van der Waals surface area contributed by atoms with Crippen LogP contribution in [-0.2, 0) is 9.53 Å². The maximum Gasteiger partial charge on any atom is 0.327 e. The minimum Gasteiger partial charge on any atom is -0.459 e. The van der Waals surface area contributed by atoms with E-state index in [9.17, 15) is 4.79 Å². The van der Waals surface area contributed by atoms with Gasteiger partial charge in [-0.3, -0.25) is 4.79 Å². The van der Waals surface area contributed by atoms with Gasteiger partial charge in [-0.15, -0.1) is 6.58 Å². The molecule has 22 heavy (non-hydrogen) atoms. The van der Waals surface area contributed by atoms with Crippen LogP contribution < -0.4 is 5.73 Å². The molecule has 0 bridgehead atoms. The zero-order valence-electron chi connectivity index (χ0n) is 13.5. The first-order valence-corrected chi connectivity index (χ1v) is 7.94. The van der Waals surface area contributed by atoms with Crippen molar-refractivity contribution in [2.24, 2.45) is 5.73 Å². The summed E-state index contributed by atoms with van der Waals surface area (Å²) in [5, 5.41) is 0. The molecule has 4 heteroatoms. The quantitative estimate of drug-likeness (QED) is 0.597. The predicted molar refractivity (Wildman–Crippen MR) is 95.4 cm³/mol. The summed E-state index contributed by atoms with van der Waals surface area (Å²) in [5.41, 5.74) is 6.32. The van der Waals surface area contributed by atoms with Gasteiger partial charge < -0.3 is 10.5 Å². The van der Waals surface area contributed by atoms with E-state index in [1.54, 1.807) is 6.08 Å². The van der Waals surface area contributed by atoms with E-state index in [1.807, 2.05) is 45.0 Å². The van der Waals surface area contributed by atoms with E-state index in [0.717, 1.165) is 15.6 Å². The highest BCUT2D eigenvalue weighted by atomic mass is 79.9. The molecule has 120 valence electrons. The van der Waals surface area contributed by atoms with Crippen LogP contribution in [0, 0.1) is 0 Å². The van der Waals surface area contributed by atoms with Crippen molar-refractivity contribution in [3.8, 4) is 0 Å². The Balaban J connectivity index is 2.94. The lowest BCUT2D eigenvalue weighted by Crippen LogP contribution is -2.50. The molecule has 0 aliphatic carbocycles. The summed E-state index contributed by atoms with van der Waals surface area (Å²) in [6.07, 6.45) is 2.28. The van der Waals surface area contributed by atoms with Crippen LogP contribution in [-0.4, -0.2) is 17.1 Å². The van der Waals surface area contributed by atoms with Crippen molar-refractivity contribution < 1.29 is 9.53 Å². The second-order valence-electron chi connectivity index (χ2n) is 6.44. The van der Waals surface area contributed by atoms with Gasteiger partial charge in [0.05, 0.1) is 0 Å². The number of hydrogen-bond acceptors (Lipinski definition) is 3. The molecule has 0 aliphatic heterocycles. The second kappa shape index (κ2) is 7.25. The summed E-state index contributed by atoms with van der Waals surface area (Å²) in [4.78, 5) is 12.4. The van der Waals surface area contributed by atoms with Gasteiger partial charge in [0.2, 0.25) is 0 Å². The molecule has 0 fully saturated rings. The van der Waals surface area contributed by atoms with Crippen LogP contribution >= 0.6 is 15.9 Å². The van der Waals surface area contributed by atoms with E-state index in [0.29, 0.717) is 12.8 Å². The number of ether oxygens (including phenoxy) is 1. The van der Waals surface area contributed by atoms with Gasteiger partial charge in [-0.25, -0.2) is 0 Å². The molecular formula is C18H24BrNO2. The highest BCUT2D eigenvalue weighted by Crippen LogP contribution is 2.28. The summed E-state index contributed by atoms with van der Waals surface area (Å²) in [7, 11) is 0. The topological polar surface area (TPSA) is 52.3 Å². The standard InChI is InChI=1S/C18H24BrNO2/c1-6-11-18(20,16(21)22-17(3,4)5)12-13(2)14-7-9-15(19)10-8-14/h6-10H,1-2,11-12,20H2,3-5H3/t18-/m1/s1. The summed E-state index contributed by atoms with van der Waals surface area (Å²) < 4.78 is 6.44. The summed E-state index contributed by atoms with van der Waals surface area (Å²) in [6.45, 7) is 13.2. The highest BCUT2D eigenvalue weighted by molar-refractivity contribution is 9.10. The fourth-order valence-corrected chi connectivity index (χ4v) is 2.30. The van der Waals surface area contributed by atoms with Crippen molar-refractivity contribution in [2.75, 3.05) is 0 Å². The Bertz CT molecular complexity index is 557. The number of carbonyl (C=O) groups is 1. The van der Waals surface area contributed by atoms with Crippen molar-refractivity contribution in [3.05, 3.63) is 53.5 Å². The molecule has 0 aromatic heterocycles. The molecule has 2 N–H and O–H groups in total. The van der Waals surface area contributed by atoms with Crippen molar-refractivity contribution in [2.45, 2.75) is 44.8 Å². The molecule has 0 heterocycles. The Hall–Kier alpha value is -1.39. The molecular weight excluding hydrogens is 342 g/mol. The monoisotopic (exact) mass is 365 g/mol. The zero-order valence-corrected chi connectivity index (χ0v) is 15.1. The fourth-order valence-electron chi connectivity index (χ4n) is 2.03. The Kier molecular flexibility index (Phi) is 6.15. The molecule has 1 atom stereocenters. The van der Waals surface area contributed by atoms with Gasteiger partial charge in [-0.1, -0.05) is 40.7 Å². The number of rotatable bonds is 6. The lowest BCUT2D eigenvalue weighted by molar-refractivity contribution is -0.161. The third kappa shape index (κ3) is 5.43. The van der Waals surface area contributed by atoms with Crippen molar-refractivity contribution in [1.82, 2.24) is 0 Å². The van der Waals surface area contributed by atoms with E-state index in [1.165, 1.54) is 0 Å². The first-order chi connectivity index (χ1) is 10.1. The van der Waals surface area contributed by atoms with Gasteiger partial charge in [0.25, 0.3) is 0 Å². The molecule has 0 spiro atoms. The van der Waals surface area contributed by atoms with Crippen molar-refractivity contribution in [3.63, 3.8) is 0 Å². The van der Waals surface area contributed by atoms with E-state index in [4.69, 9.17) is 10.5 Å². The van der Waals surface area contributed by atoms with Crippen LogP contribution in [0.5, 0.6) is 0 Å². The highest BCUT2D eigenvalue weighted by Gasteiger charge is 2.37. The normalized spacial score (nSPS) is 14.0. The molecule has 0 amide bonds. The van der Waals surface area contributed by atoms with E-state index in [-0.39, 0.29) is 0 Å². The van der Waals surface area contributed by atoms with Gasteiger partial charge in [0, 0.05) is 10.9 Å². The van der Waals surface area contributed by atoms with Crippen LogP contribution in [0.25, 0.3) is 5.57 Å². The molecule has 1 aromatic carbocycles. The molecule has 0 unspecified atom stereocenters. The molecule has 1 rings (SSSR count). The Morgan fingerprint density at radius 2 is 1.86 bits per heavy atom. The van der Waals surface area contributed by atoms with Gasteiger partial charge in [-0.05, 0) is 50.5 Å². The third-order valence-electron chi connectivity index (χ3n) is 3.10. The smallest absolute Gasteiger partial charge is 0.327 e. The largest absolute Gasteiger partial charge is 0.459 e. The summed E-state index contributed by atoms with van der Waals surface area (Å²) in [5.74, 6) is -0.432. The lowest BCUT2D eigenvalue weighted by Gasteiger charge is -2.31. The Morgan fingerprint density at radius 3 is 2.32 bits per heavy atom. The van der Waals surface area contributed by atoms with Gasteiger partial charge in [0.1, 0.15) is 11.1 Å². The number of benzene rings is 1. The number of nitrogens with two attached hydrogens (primary N) is 1. The zero-order chi connectivity index (χ0) is 17.0. The fraction of sp³-hybridized carbons (Fsp3) is 0.389. The minimum absolute atomic E-state index is 0.315. The maximum atomic E-state index is 12.4. The van der Waals surface area contributed by atoms with Crippen LogP contribution in [0.15, 0.2) is 48.0 Å². The van der Waals surface area contributed by atoms with Crippen LogP contribution in [0.1, 0.15) is 39.2 Å². The van der Waals surface area contributed by atoms with Crippen molar-refractivity contribution >= 4 is 27.5 Å². The molecule has 3 nitrogen and oxygen atoms in total. The molecule has 0 saturated heterocycles. The van der Waals surface area contributed by atoms with Gasteiger partial charge in [-0.2, -0.15) is 0 Å². The second-order valence-corrected chi connectivity index (χ2v) is 7.35. The van der Waals surface area contributed by atoms with Gasteiger partial charge >= 0.3 is 5.97 Å². The molecule has 0 saturated carbocycles. The third-order valence-corrected chi connectivity index (χ3v) is 3.62. The van der Waals surface area contributed by atoms with Crippen molar-refractivity contribution in [1.29, 1.82) is 0 Å². The SMILES string of the molecule is C=CC[C@@](N)(CC(=C)c1ccc(Br)cc1)C(=O)OC(C)(C)C. The maximum absolute atomic E-state index is 12.4. The predicted octanol–water partition coefficient (Wildman–Crippen LogP) is 4.47. The van der Waals surface area contributed by atoms with Crippen LogP contribution in [0.3, 0.4) is 0 Å². The van der Waals surface area contributed by atoms with E-state index >= 15 is 0 Å². The average molecular weight is 366 g/mol. The number of halogens is 1. The molecule has 1 aromatic rings. The molecule has 0 aliphatic rings. The summed E-state index contributed by atoms with van der Waals surface area (Å²) in [6, 6.07) is 7.74. The van der Waals surface area contributed by atoms with Crippen LogP contribution in [0.2, 0.25) is 0 Å².